The van der Waals surface area contributed by atoms with E-state index in [0.29, 0.717) is 17.2 Å². The number of fused-ring (bicyclic) bond motifs is 1. The Bertz CT molecular complexity index is 783. The van der Waals surface area contributed by atoms with E-state index in [1.54, 1.807) is 18.2 Å². The number of hydrogen-bond donors (Lipinski definition) is 2. The van der Waals surface area contributed by atoms with Crippen molar-refractivity contribution in [1.82, 2.24) is 10.3 Å². The molecule has 0 unspecified atom stereocenters. The summed E-state index contributed by atoms with van der Waals surface area (Å²) in [4.78, 5) is 26.9. The summed E-state index contributed by atoms with van der Waals surface area (Å²) in [5.74, 6) is -0.219. The van der Waals surface area contributed by atoms with E-state index in [1.807, 2.05) is 5.32 Å². The third kappa shape index (κ3) is 3.69. The van der Waals surface area contributed by atoms with Gasteiger partial charge in [-0.3, -0.25) is 15.4 Å². The van der Waals surface area contributed by atoms with Gasteiger partial charge in [-0.15, -0.1) is 0 Å². The van der Waals surface area contributed by atoms with E-state index in [9.17, 15) is 14.0 Å². The lowest BCUT2D eigenvalue weighted by Crippen LogP contribution is -2.37. The Hall–Kier alpha value is -3.36. The van der Waals surface area contributed by atoms with E-state index < -0.39 is 24.4 Å². The summed E-state index contributed by atoms with van der Waals surface area (Å²) in [7, 11) is 0. The number of nitrogens with one attached hydrogen (secondary N) is 2. The summed E-state index contributed by atoms with van der Waals surface area (Å²) in [6, 6.07) is 6.41. The molecular weight excluding hydrogens is 321 g/mol. The Morgan fingerprint density at radius 1 is 1.25 bits per heavy atom. The fraction of sp³-hybridized carbons (Fsp3) is 0.133. The molecule has 0 atom stereocenters. The van der Waals surface area contributed by atoms with Crippen LogP contribution in [0.1, 0.15) is 0 Å². The summed E-state index contributed by atoms with van der Waals surface area (Å²) < 4.78 is 28.9. The van der Waals surface area contributed by atoms with Gasteiger partial charge in [-0.25, -0.2) is 14.2 Å². The number of imide groups is 1. The number of carbonyl (C=O) groups is 2. The first-order chi connectivity index (χ1) is 11.6. The van der Waals surface area contributed by atoms with Gasteiger partial charge in [0.15, 0.2) is 29.7 Å². The monoisotopic (exact) mass is 333 g/mol. The van der Waals surface area contributed by atoms with Crippen molar-refractivity contribution in [2.45, 2.75) is 0 Å². The van der Waals surface area contributed by atoms with Crippen LogP contribution in [0.25, 0.3) is 0 Å². The molecule has 0 radical (unpaired) electrons. The zero-order valence-corrected chi connectivity index (χ0v) is 12.2. The lowest BCUT2D eigenvalue weighted by Gasteiger charge is -2.08. The largest absolute Gasteiger partial charge is 0.484 e. The molecule has 124 valence electrons. The van der Waals surface area contributed by atoms with Crippen LogP contribution in [0.5, 0.6) is 17.2 Å². The number of urea groups is 1. The van der Waals surface area contributed by atoms with Crippen LogP contribution in [0.15, 0.2) is 36.5 Å². The molecule has 2 N–H and O–H groups in total. The van der Waals surface area contributed by atoms with Gasteiger partial charge in [0, 0.05) is 12.3 Å². The summed E-state index contributed by atoms with van der Waals surface area (Å²) in [5, 5.41) is 4.13. The van der Waals surface area contributed by atoms with Crippen LogP contribution in [0.4, 0.5) is 15.0 Å². The number of aromatic nitrogens is 1. The van der Waals surface area contributed by atoms with E-state index in [0.717, 1.165) is 6.07 Å². The van der Waals surface area contributed by atoms with Gasteiger partial charge >= 0.3 is 6.03 Å². The number of ether oxygens (including phenoxy) is 3. The van der Waals surface area contributed by atoms with Gasteiger partial charge in [0.25, 0.3) is 5.91 Å². The van der Waals surface area contributed by atoms with Crippen molar-refractivity contribution in [3.8, 4) is 17.2 Å². The summed E-state index contributed by atoms with van der Waals surface area (Å²) in [6.45, 7) is -0.276. The van der Waals surface area contributed by atoms with Gasteiger partial charge in [-0.2, -0.15) is 0 Å². The highest BCUT2D eigenvalue weighted by Crippen LogP contribution is 2.34. The highest BCUT2D eigenvalue weighted by Gasteiger charge is 2.15. The number of carbonyl (C=O) groups excluding carboxylic acids is 2. The average Bonchev–Trinajstić information content (AvgIpc) is 3.02. The highest BCUT2D eigenvalue weighted by atomic mass is 19.1. The van der Waals surface area contributed by atoms with Crippen molar-refractivity contribution in [2.24, 2.45) is 0 Å². The molecule has 0 aliphatic carbocycles. The van der Waals surface area contributed by atoms with E-state index in [4.69, 9.17) is 14.2 Å². The van der Waals surface area contributed by atoms with Crippen LogP contribution in [0.3, 0.4) is 0 Å². The zero-order chi connectivity index (χ0) is 16.9. The van der Waals surface area contributed by atoms with Gasteiger partial charge in [-0.05, 0) is 24.3 Å². The Kier molecular flexibility index (Phi) is 4.41. The van der Waals surface area contributed by atoms with Crippen LogP contribution in [0.2, 0.25) is 0 Å². The first-order valence-corrected chi connectivity index (χ1v) is 6.85. The summed E-state index contributed by atoms with van der Waals surface area (Å²) in [5.41, 5.74) is 0. The van der Waals surface area contributed by atoms with Crippen LogP contribution in [0, 0.1) is 5.82 Å². The van der Waals surface area contributed by atoms with Crippen molar-refractivity contribution in [1.29, 1.82) is 0 Å². The number of rotatable bonds is 4. The second kappa shape index (κ2) is 6.82. The van der Waals surface area contributed by atoms with Gasteiger partial charge in [0.05, 0.1) is 0 Å². The van der Waals surface area contributed by atoms with Gasteiger partial charge in [0.2, 0.25) is 6.79 Å². The first kappa shape index (κ1) is 15.5. The second-order valence-corrected chi connectivity index (χ2v) is 4.64. The summed E-state index contributed by atoms with van der Waals surface area (Å²) >= 11 is 0. The number of nitrogens with zero attached hydrogens (tertiary/aromatic N) is 1. The maximum atomic E-state index is 13.3. The standard InChI is InChI=1S/C15H12FN3O5/c16-10-2-1-5-17-14(10)19-15(21)18-13(20)7-22-9-3-4-11-12(6-9)24-8-23-11/h1-6H,7-8H2,(H2,17,18,19,20,21). The van der Waals surface area contributed by atoms with Crippen molar-refractivity contribution in [3.63, 3.8) is 0 Å². The third-order valence-electron chi connectivity index (χ3n) is 2.96. The molecule has 2 heterocycles. The van der Waals surface area contributed by atoms with Crippen LogP contribution in [-0.2, 0) is 4.79 Å². The number of benzene rings is 1. The minimum absolute atomic E-state index is 0.128. The van der Waals surface area contributed by atoms with Gasteiger partial charge in [0.1, 0.15) is 5.75 Å². The molecule has 0 spiro atoms. The predicted molar refractivity (Wildman–Crippen MR) is 79.4 cm³/mol. The summed E-state index contributed by atoms with van der Waals surface area (Å²) in [6.07, 6.45) is 1.31. The molecule has 0 fully saturated rings. The molecule has 2 aromatic rings. The number of halogens is 1. The Labute approximate surface area is 135 Å². The van der Waals surface area contributed by atoms with Crippen molar-refractivity contribution in [2.75, 3.05) is 18.7 Å². The molecule has 9 heteroatoms. The van der Waals surface area contributed by atoms with Crippen LogP contribution < -0.4 is 24.8 Å². The number of amides is 3. The zero-order valence-electron chi connectivity index (χ0n) is 12.2. The maximum absolute atomic E-state index is 13.3. The molecular formula is C15H12FN3O5. The second-order valence-electron chi connectivity index (χ2n) is 4.64. The molecule has 1 aliphatic rings. The smallest absolute Gasteiger partial charge is 0.327 e. The van der Waals surface area contributed by atoms with Crippen LogP contribution in [-0.4, -0.2) is 30.3 Å². The lowest BCUT2D eigenvalue weighted by molar-refractivity contribution is -0.121. The van der Waals surface area contributed by atoms with Crippen molar-refractivity contribution < 1.29 is 28.2 Å². The fourth-order valence-electron chi connectivity index (χ4n) is 1.89. The molecule has 0 saturated carbocycles. The van der Waals surface area contributed by atoms with E-state index in [1.165, 1.54) is 12.3 Å². The molecule has 1 aromatic carbocycles. The predicted octanol–water partition coefficient (Wildman–Crippen LogP) is 1.68. The lowest BCUT2D eigenvalue weighted by atomic mass is 10.3. The van der Waals surface area contributed by atoms with Gasteiger partial charge < -0.3 is 14.2 Å². The fourth-order valence-corrected chi connectivity index (χ4v) is 1.89. The average molecular weight is 333 g/mol. The molecule has 3 rings (SSSR count). The first-order valence-electron chi connectivity index (χ1n) is 6.85. The highest BCUT2D eigenvalue weighted by molar-refractivity contribution is 6.01. The minimum atomic E-state index is -0.910. The number of hydrogen-bond acceptors (Lipinski definition) is 6. The van der Waals surface area contributed by atoms with Crippen molar-refractivity contribution in [3.05, 3.63) is 42.3 Å². The molecule has 8 nitrogen and oxygen atoms in total. The van der Waals surface area contributed by atoms with Gasteiger partial charge in [-0.1, -0.05) is 0 Å². The maximum Gasteiger partial charge on any atom is 0.327 e. The number of pyridine rings is 1. The van der Waals surface area contributed by atoms with E-state index in [2.05, 4.69) is 10.3 Å². The topological polar surface area (TPSA) is 98.8 Å². The Morgan fingerprint density at radius 2 is 2.08 bits per heavy atom. The normalized spacial score (nSPS) is 11.7. The molecule has 3 amide bonds. The number of anilines is 1. The van der Waals surface area contributed by atoms with E-state index >= 15 is 0 Å². The van der Waals surface area contributed by atoms with Crippen LogP contribution >= 0.6 is 0 Å². The van der Waals surface area contributed by atoms with E-state index in [-0.39, 0.29) is 12.6 Å². The minimum Gasteiger partial charge on any atom is -0.484 e. The van der Waals surface area contributed by atoms with Crippen molar-refractivity contribution >= 4 is 17.8 Å². The molecule has 0 saturated heterocycles. The Balaban J connectivity index is 1.49. The molecule has 1 aromatic heterocycles. The molecule has 1 aliphatic heterocycles. The third-order valence-corrected chi connectivity index (χ3v) is 2.96. The molecule has 24 heavy (non-hydrogen) atoms. The Morgan fingerprint density at radius 3 is 2.92 bits per heavy atom. The SMILES string of the molecule is O=C(COc1ccc2c(c1)OCO2)NC(=O)Nc1ncccc1F. The quantitative estimate of drug-likeness (QED) is 0.883. The molecule has 0 bridgehead atoms.